The number of H-pyrrole nitrogens is 1. The predicted molar refractivity (Wildman–Crippen MR) is 131 cm³/mol. The second-order valence-electron chi connectivity index (χ2n) is 7.61. The quantitative estimate of drug-likeness (QED) is 0.331. The van der Waals surface area contributed by atoms with Gasteiger partial charge in [-0.15, -0.1) is 0 Å². The monoisotopic (exact) mass is 438 g/mol. The van der Waals surface area contributed by atoms with Gasteiger partial charge in [0.2, 0.25) is 4.77 Å². The Kier molecular flexibility index (Phi) is 5.47. The van der Waals surface area contributed by atoms with Gasteiger partial charge >= 0.3 is 0 Å². The van der Waals surface area contributed by atoms with Crippen LogP contribution in [0.25, 0.3) is 0 Å². The van der Waals surface area contributed by atoms with Crippen LogP contribution in [0, 0.1) is 11.7 Å². The zero-order valence-corrected chi connectivity index (χ0v) is 18.4. The summed E-state index contributed by atoms with van der Waals surface area (Å²) in [5.74, 6) is 0.716. The standard InChI is InChI=1S/C25H22N6S/c1-18-27-28-25(32)30(18)26-17-19-12-14-22(15-13-19)31-24(21-10-6-3-7-11-21)16-23(29-31)20-8-4-2-5-9-20/h2-15,17,24H,16H2,1H3,(H,28,32)/b26-17-. The van der Waals surface area contributed by atoms with Crippen LogP contribution >= 0.6 is 12.2 Å². The Hall–Kier alpha value is -3.84. The molecule has 4 aromatic rings. The van der Waals surface area contributed by atoms with Crippen LogP contribution in [0.5, 0.6) is 0 Å². The minimum atomic E-state index is 0.151. The van der Waals surface area contributed by atoms with E-state index in [1.54, 1.807) is 10.9 Å². The van der Waals surface area contributed by atoms with Crippen molar-refractivity contribution in [2.75, 3.05) is 5.01 Å². The van der Waals surface area contributed by atoms with Gasteiger partial charge in [-0.3, -0.25) is 10.1 Å². The molecule has 1 unspecified atom stereocenters. The number of aromatic amines is 1. The lowest BCUT2D eigenvalue weighted by Crippen LogP contribution is -2.18. The molecule has 0 bridgehead atoms. The lowest BCUT2D eigenvalue weighted by atomic mass is 9.98. The third kappa shape index (κ3) is 4.02. The van der Waals surface area contributed by atoms with Crippen molar-refractivity contribution in [2.24, 2.45) is 10.2 Å². The highest BCUT2D eigenvalue weighted by atomic mass is 32.1. The van der Waals surface area contributed by atoms with Gasteiger partial charge in [-0.2, -0.15) is 20.0 Å². The van der Waals surface area contributed by atoms with Crippen LogP contribution < -0.4 is 5.01 Å². The Balaban J connectivity index is 1.45. The van der Waals surface area contributed by atoms with Crippen molar-refractivity contribution in [1.82, 2.24) is 14.9 Å². The highest BCUT2D eigenvalue weighted by Crippen LogP contribution is 2.36. The molecule has 0 saturated heterocycles. The molecule has 158 valence electrons. The first-order valence-corrected chi connectivity index (χ1v) is 10.9. The van der Waals surface area contributed by atoms with Gasteiger partial charge < -0.3 is 0 Å². The summed E-state index contributed by atoms with van der Waals surface area (Å²) in [4.78, 5) is 0. The minimum Gasteiger partial charge on any atom is -0.257 e. The van der Waals surface area contributed by atoms with Crippen molar-refractivity contribution in [3.8, 4) is 0 Å². The summed E-state index contributed by atoms with van der Waals surface area (Å²) in [6, 6.07) is 29.3. The van der Waals surface area contributed by atoms with E-state index in [0.717, 1.165) is 28.9 Å². The Morgan fingerprint density at radius 2 is 1.66 bits per heavy atom. The molecule has 32 heavy (non-hydrogen) atoms. The van der Waals surface area contributed by atoms with Crippen LogP contribution in [0.4, 0.5) is 5.69 Å². The van der Waals surface area contributed by atoms with Crippen molar-refractivity contribution in [3.05, 3.63) is 112 Å². The molecule has 7 heteroatoms. The van der Waals surface area contributed by atoms with Gasteiger partial charge in [0.05, 0.1) is 23.7 Å². The Morgan fingerprint density at radius 1 is 0.969 bits per heavy atom. The van der Waals surface area contributed by atoms with Crippen molar-refractivity contribution in [1.29, 1.82) is 0 Å². The number of hydrogen-bond donors (Lipinski definition) is 1. The van der Waals surface area contributed by atoms with Crippen molar-refractivity contribution in [2.45, 2.75) is 19.4 Å². The molecule has 0 amide bonds. The van der Waals surface area contributed by atoms with E-state index < -0.39 is 0 Å². The highest BCUT2D eigenvalue weighted by Gasteiger charge is 2.29. The zero-order chi connectivity index (χ0) is 21.9. The molecule has 2 heterocycles. The van der Waals surface area contributed by atoms with Gasteiger partial charge in [0.15, 0.2) is 0 Å². The molecule has 5 rings (SSSR count). The van der Waals surface area contributed by atoms with E-state index in [1.165, 1.54) is 5.56 Å². The SMILES string of the molecule is Cc1n[nH]c(=S)n1/N=C\c1ccc(N2N=C(c3ccccc3)CC2c2ccccc2)cc1. The van der Waals surface area contributed by atoms with E-state index in [4.69, 9.17) is 17.3 Å². The Morgan fingerprint density at radius 3 is 2.31 bits per heavy atom. The fraction of sp³-hybridized carbons (Fsp3) is 0.120. The Bertz CT molecular complexity index is 1320. The van der Waals surface area contributed by atoms with Gasteiger partial charge in [-0.25, -0.2) is 0 Å². The van der Waals surface area contributed by atoms with E-state index in [0.29, 0.717) is 10.6 Å². The van der Waals surface area contributed by atoms with Crippen LogP contribution in [-0.2, 0) is 0 Å². The molecule has 0 radical (unpaired) electrons. The van der Waals surface area contributed by atoms with Gasteiger partial charge in [0.25, 0.3) is 0 Å². The number of hydrazone groups is 1. The number of hydrogen-bond acceptors (Lipinski definition) is 5. The minimum absolute atomic E-state index is 0.151. The third-order valence-electron chi connectivity index (χ3n) is 5.49. The van der Waals surface area contributed by atoms with Crippen LogP contribution in [0.2, 0.25) is 0 Å². The van der Waals surface area contributed by atoms with Crippen LogP contribution in [0.15, 0.2) is 95.1 Å². The number of anilines is 1. The third-order valence-corrected chi connectivity index (χ3v) is 5.76. The molecule has 1 aromatic heterocycles. The average molecular weight is 439 g/mol. The van der Waals surface area contributed by atoms with Crippen molar-refractivity contribution >= 4 is 29.8 Å². The van der Waals surface area contributed by atoms with E-state index in [1.807, 2.05) is 31.2 Å². The van der Waals surface area contributed by atoms with E-state index in [2.05, 4.69) is 81.0 Å². The maximum absolute atomic E-state index is 5.20. The summed E-state index contributed by atoms with van der Waals surface area (Å²) in [6.07, 6.45) is 2.63. The number of aromatic nitrogens is 3. The second-order valence-corrected chi connectivity index (χ2v) is 8.00. The first-order valence-electron chi connectivity index (χ1n) is 10.4. The smallest absolute Gasteiger partial charge is 0.216 e. The molecule has 1 aliphatic heterocycles. The maximum Gasteiger partial charge on any atom is 0.216 e. The Labute approximate surface area is 191 Å². The maximum atomic E-state index is 5.20. The number of nitrogens with zero attached hydrogens (tertiary/aromatic N) is 5. The fourth-order valence-corrected chi connectivity index (χ4v) is 4.06. The van der Waals surface area contributed by atoms with Crippen LogP contribution in [-0.4, -0.2) is 26.8 Å². The lowest BCUT2D eigenvalue weighted by Gasteiger charge is -2.24. The lowest BCUT2D eigenvalue weighted by molar-refractivity contribution is 0.709. The van der Waals surface area contributed by atoms with Crippen LogP contribution in [0.1, 0.15) is 35.0 Å². The van der Waals surface area contributed by atoms with Gasteiger partial charge in [0.1, 0.15) is 5.82 Å². The fourth-order valence-electron chi connectivity index (χ4n) is 3.83. The molecule has 3 aromatic carbocycles. The molecule has 0 saturated carbocycles. The van der Waals surface area contributed by atoms with Crippen LogP contribution in [0.3, 0.4) is 0 Å². The largest absolute Gasteiger partial charge is 0.257 e. The molecule has 6 nitrogen and oxygen atoms in total. The van der Waals surface area contributed by atoms with Gasteiger partial charge in [-0.1, -0.05) is 72.8 Å². The molecule has 1 atom stereocenters. The molecule has 0 fully saturated rings. The zero-order valence-electron chi connectivity index (χ0n) is 17.6. The molecular formula is C25H22N6S. The summed E-state index contributed by atoms with van der Waals surface area (Å²) in [5.41, 5.74) is 5.51. The first kappa shape index (κ1) is 20.1. The first-order chi connectivity index (χ1) is 15.7. The normalized spacial score (nSPS) is 16.0. The molecule has 0 spiro atoms. The van der Waals surface area contributed by atoms with E-state index in [9.17, 15) is 0 Å². The predicted octanol–water partition coefficient (Wildman–Crippen LogP) is 5.49. The summed E-state index contributed by atoms with van der Waals surface area (Å²) >= 11 is 5.20. The molecule has 1 aliphatic rings. The number of rotatable bonds is 5. The number of aryl methyl sites for hydroxylation is 1. The molecule has 1 N–H and O–H groups in total. The average Bonchev–Trinajstić information content (AvgIpc) is 3.43. The van der Waals surface area contributed by atoms with Gasteiger partial charge in [0, 0.05) is 6.42 Å². The summed E-state index contributed by atoms with van der Waals surface area (Å²) in [6.45, 7) is 1.85. The van der Waals surface area contributed by atoms with Crippen molar-refractivity contribution in [3.63, 3.8) is 0 Å². The molecule has 0 aliphatic carbocycles. The second kappa shape index (κ2) is 8.72. The number of benzene rings is 3. The summed E-state index contributed by atoms with van der Waals surface area (Å²) < 4.78 is 2.08. The summed E-state index contributed by atoms with van der Waals surface area (Å²) in [5, 5.41) is 18.4. The van der Waals surface area contributed by atoms with Gasteiger partial charge in [-0.05, 0) is 48.0 Å². The van der Waals surface area contributed by atoms with Crippen molar-refractivity contribution < 1.29 is 0 Å². The van der Waals surface area contributed by atoms with E-state index >= 15 is 0 Å². The number of nitrogens with one attached hydrogen (secondary N) is 1. The topological polar surface area (TPSA) is 61.6 Å². The molecular weight excluding hydrogens is 416 g/mol. The summed E-state index contributed by atoms with van der Waals surface area (Å²) in [7, 11) is 0. The highest BCUT2D eigenvalue weighted by molar-refractivity contribution is 7.71. The van der Waals surface area contributed by atoms with E-state index in [-0.39, 0.29) is 6.04 Å².